The zero-order chi connectivity index (χ0) is 15.8. The summed E-state index contributed by atoms with van der Waals surface area (Å²) in [4.78, 5) is 21.9. The van der Waals surface area contributed by atoms with Crippen molar-refractivity contribution in [2.24, 2.45) is 5.92 Å². The van der Waals surface area contributed by atoms with Gasteiger partial charge in [-0.05, 0) is 36.8 Å². The summed E-state index contributed by atoms with van der Waals surface area (Å²) < 4.78 is 0. The van der Waals surface area contributed by atoms with E-state index in [-0.39, 0.29) is 5.91 Å². The molecule has 0 fully saturated rings. The number of aryl methyl sites for hydroxylation is 1. The number of anilines is 1. The van der Waals surface area contributed by atoms with Crippen molar-refractivity contribution in [1.29, 1.82) is 0 Å². The van der Waals surface area contributed by atoms with Crippen molar-refractivity contribution in [3.63, 3.8) is 0 Å². The lowest BCUT2D eigenvalue weighted by Gasteiger charge is -2.24. The second-order valence-corrected chi connectivity index (χ2v) is 6.96. The highest BCUT2D eigenvalue weighted by atomic mass is 32.1. The number of carbonyl (C=O) groups is 1. The number of hydrogen-bond donors (Lipinski definition) is 1. The summed E-state index contributed by atoms with van der Waals surface area (Å²) in [5.74, 6) is 0.501. The first-order chi connectivity index (χ1) is 11.2. The Bertz CT molecular complexity index is 873. The van der Waals surface area contributed by atoms with Crippen molar-refractivity contribution in [1.82, 2.24) is 9.97 Å². The normalized spacial score (nSPS) is 17.0. The van der Waals surface area contributed by atoms with Gasteiger partial charge in [0.05, 0.1) is 11.1 Å². The van der Waals surface area contributed by atoms with Gasteiger partial charge in [0.15, 0.2) is 5.13 Å². The molecule has 0 aliphatic heterocycles. The fourth-order valence-corrected chi connectivity index (χ4v) is 3.79. The number of thiazole rings is 1. The quantitative estimate of drug-likeness (QED) is 0.773. The average molecular weight is 323 g/mol. The summed E-state index contributed by atoms with van der Waals surface area (Å²) >= 11 is 1.43. The molecule has 1 atom stereocenters. The molecule has 1 aliphatic rings. The van der Waals surface area contributed by atoms with E-state index in [1.54, 1.807) is 6.20 Å². The highest BCUT2D eigenvalue weighted by molar-refractivity contribution is 7.13. The molecule has 1 amide bonds. The minimum Gasteiger partial charge on any atom is -0.298 e. The Labute approximate surface area is 138 Å². The van der Waals surface area contributed by atoms with Gasteiger partial charge in [-0.2, -0.15) is 0 Å². The number of pyridine rings is 1. The van der Waals surface area contributed by atoms with E-state index in [2.05, 4.69) is 17.2 Å². The third kappa shape index (κ3) is 2.61. The standard InChI is InChI=1S/C18H17N3OS/c1-11-6-7-15-13(10-11)16(12-4-2-3-5-14(12)20-15)17(22)21-18-19-8-9-23-18/h2-5,8-9,11H,6-7,10H2,1H3,(H,19,21,22). The van der Waals surface area contributed by atoms with Crippen LogP contribution in [0.5, 0.6) is 0 Å². The summed E-state index contributed by atoms with van der Waals surface area (Å²) in [5, 5.41) is 6.35. The van der Waals surface area contributed by atoms with Crippen LogP contribution in [0.15, 0.2) is 35.8 Å². The first kappa shape index (κ1) is 14.3. The molecule has 116 valence electrons. The maximum atomic E-state index is 12.9. The van der Waals surface area contributed by atoms with Crippen molar-refractivity contribution in [3.8, 4) is 0 Å². The third-order valence-corrected chi connectivity index (χ3v) is 5.07. The fourth-order valence-electron chi connectivity index (χ4n) is 3.27. The molecular formula is C18H17N3OS. The largest absolute Gasteiger partial charge is 0.298 e. The zero-order valence-corrected chi connectivity index (χ0v) is 13.7. The Kier molecular flexibility index (Phi) is 3.58. The Morgan fingerprint density at radius 2 is 2.22 bits per heavy atom. The Morgan fingerprint density at radius 3 is 3.04 bits per heavy atom. The Hall–Kier alpha value is -2.27. The minimum absolute atomic E-state index is 0.0797. The molecule has 1 aliphatic carbocycles. The van der Waals surface area contributed by atoms with E-state index >= 15 is 0 Å². The molecule has 0 saturated carbocycles. The maximum Gasteiger partial charge on any atom is 0.258 e. The molecular weight excluding hydrogens is 306 g/mol. The number of amides is 1. The second-order valence-electron chi connectivity index (χ2n) is 6.07. The minimum atomic E-state index is -0.0797. The zero-order valence-electron chi connectivity index (χ0n) is 12.9. The van der Waals surface area contributed by atoms with Crippen molar-refractivity contribution in [2.45, 2.75) is 26.2 Å². The molecule has 0 bridgehead atoms. The van der Waals surface area contributed by atoms with E-state index in [1.807, 2.05) is 29.6 Å². The highest BCUT2D eigenvalue weighted by Crippen LogP contribution is 2.32. The van der Waals surface area contributed by atoms with Gasteiger partial charge in [-0.15, -0.1) is 11.3 Å². The lowest BCUT2D eigenvalue weighted by atomic mass is 9.84. The number of para-hydroxylation sites is 1. The van der Waals surface area contributed by atoms with Crippen LogP contribution < -0.4 is 5.32 Å². The number of carbonyl (C=O) groups excluding carboxylic acids is 1. The molecule has 23 heavy (non-hydrogen) atoms. The van der Waals surface area contributed by atoms with Crippen molar-refractivity contribution >= 4 is 33.3 Å². The van der Waals surface area contributed by atoms with Crippen LogP contribution in [-0.4, -0.2) is 15.9 Å². The molecule has 3 aromatic rings. The monoisotopic (exact) mass is 323 g/mol. The lowest BCUT2D eigenvalue weighted by molar-refractivity contribution is 0.102. The predicted octanol–water partition coefficient (Wildman–Crippen LogP) is 4.07. The van der Waals surface area contributed by atoms with Gasteiger partial charge in [-0.1, -0.05) is 25.1 Å². The number of aromatic nitrogens is 2. The number of rotatable bonds is 2. The summed E-state index contributed by atoms with van der Waals surface area (Å²) in [5.41, 5.74) is 3.85. The lowest BCUT2D eigenvalue weighted by Crippen LogP contribution is -2.21. The van der Waals surface area contributed by atoms with Crippen LogP contribution in [0, 0.1) is 5.92 Å². The molecule has 1 N–H and O–H groups in total. The van der Waals surface area contributed by atoms with Crippen LogP contribution in [0.3, 0.4) is 0 Å². The summed E-state index contributed by atoms with van der Waals surface area (Å²) in [6.07, 6.45) is 4.68. The SMILES string of the molecule is CC1CCc2nc3ccccc3c(C(=O)Nc3nccs3)c2C1. The van der Waals surface area contributed by atoms with E-state index in [9.17, 15) is 4.79 Å². The van der Waals surface area contributed by atoms with Gasteiger partial charge < -0.3 is 0 Å². The summed E-state index contributed by atoms with van der Waals surface area (Å²) in [6.45, 7) is 2.24. The van der Waals surface area contributed by atoms with Crippen LogP contribution in [0.2, 0.25) is 0 Å². The third-order valence-electron chi connectivity index (χ3n) is 4.39. The Balaban J connectivity index is 1.88. The first-order valence-corrected chi connectivity index (χ1v) is 8.71. The molecule has 2 heterocycles. The topological polar surface area (TPSA) is 54.9 Å². The van der Waals surface area contributed by atoms with Gasteiger partial charge in [0.25, 0.3) is 5.91 Å². The van der Waals surface area contributed by atoms with Gasteiger partial charge in [0, 0.05) is 22.7 Å². The fraction of sp³-hybridized carbons (Fsp3) is 0.278. The van der Waals surface area contributed by atoms with Gasteiger partial charge in [0.2, 0.25) is 0 Å². The van der Waals surface area contributed by atoms with Crippen molar-refractivity contribution in [3.05, 3.63) is 52.7 Å². The molecule has 1 unspecified atom stereocenters. The first-order valence-electron chi connectivity index (χ1n) is 7.83. The number of hydrogen-bond acceptors (Lipinski definition) is 4. The molecule has 5 heteroatoms. The number of nitrogens with zero attached hydrogens (tertiary/aromatic N) is 2. The highest BCUT2D eigenvalue weighted by Gasteiger charge is 2.25. The number of benzene rings is 1. The second kappa shape index (κ2) is 5.74. The van der Waals surface area contributed by atoms with Crippen LogP contribution in [-0.2, 0) is 12.8 Å². The smallest absolute Gasteiger partial charge is 0.258 e. The van der Waals surface area contributed by atoms with E-state index in [0.717, 1.165) is 47.0 Å². The molecule has 0 saturated heterocycles. The van der Waals surface area contributed by atoms with Crippen LogP contribution in [0.25, 0.3) is 10.9 Å². The van der Waals surface area contributed by atoms with Crippen LogP contribution in [0.1, 0.15) is 35.0 Å². The molecule has 2 aromatic heterocycles. The number of fused-ring (bicyclic) bond motifs is 2. The Morgan fingerprint density at radius 1 is 1.35 bits per heavy atom. The molecule has 0 spiro atoms. The summed E-state index contributed by atoms with van der Waals surface area (Å²) in [6, 6.07) is 7.89. The van der Waals surface area contributed by atoms with Crippen molar-refractivity contribution < 1.29 is 4.79 Å². The van der Waals surface area contributed by atoms with Gasteiger partial charge in [-0.25, -0.2) is 4.98 Å². The predicted molar refractivity (Wildman–Crippen MR) is 93.0 cm³/mol. The molecule has 1 aromatic carbocycles. The van der Waals surface area contributed by atoms with Gasteiger partial charge in [0.1, 0.15) is 0 Å². The maximum absolute atomic E-state index is 12.9. The molecule has 4 rings (SSSR count). The number of nitrogens with one attached hydrogen (secondary N) is 1. The van der Waals surface area contributed by atoms with E-state index in [4.69, 9.17) is 4.98 Å². The van der Waals surface area contributed by atoms with Gasteiger partial charge >= 0.3 is 0 Å². The van der Waals surface area contributed by atoms with Gasteiger partial charge in [-0.3, -0.25) is 15.1 Å². The van der Waals surface area contributed by atoms with Crippen LogP contribution in [0.4, 0.5) is 5.13 Å². The van der Waals surface area contributed by atoms with Crippen LogP contribution >= 0.6 is 11.3 Å². The van der Waals surface area contributed by atoms with E-state index in [0.29, 0.717) is 11.0 Å². The molecule has 4 nitrogen and oxygen atoms in total. The van der Waals surface area contributed by atoms with E-state index < -0.39 is 0 Å². The van der Waals surface area contributed by atoms with Crippen molar-refractivity contribution in [2.75, 3.05) is 5.32 Å². The average Bonchev–Trinajstić information content (AvgIpc) is 3.05. The van der Waals surface area contributed by atoms with E-state index in [1.165, 1.54) is 11.3 Å². The molecule has 0 radical (unpaired) electrons. The summed E-state index contributed by atoms with van der Waals surface area (Å²) in [7, 11) is 0.